The first-order valence-electron chi connectivity index (χ1n) is 20.1. The van der Waals surface area contributed by atoms with Gasteiger partial charge < -0.3 is 9.52 Å². The molecule has 6 heteroatoms. The van der Waals surface area contributed by atoms with E-state index < -0.39 is 0 Å². The molecule has 1 N–H and O–H groups in total. The molecule has 0 saturated carbocycles. The van der Waals surface area contributed by atoms with Crippen LogP contribution in [0.4, 0.5) is 0 Å². The van der Waals surface area contributed by atoms with E-state index in [0.717, 1.165) is 83.3 Å². The number of hydrogen-bond acceptors (Lipinski definition) is 5. The van der Waals surface area contributed by atoms with Crippen LogP contribution >= 0.6 is 0 Å². The van der Waals surface area contributed by atoms with Crippen molar-refractivity contribution < 1.29 is 9.52 Å². The summed E-state index contributed by atoms with van der Waals surface area (Å²) in [5.41, 5.74) is 14.3. The normalized spacial score (nSPS) is 11.3. The number of imidazole rings is 1. The van der Waals surface area contributed by atoms with Gasteiger partial charge in [-0.1, -0.05) is 133 Å². The zero-order chi connectivity index (χ0) is 40.9. The quantitative estimate of drug-likeness (QED) is 0.174. The SMILES string of the molecule is N#Cc1ccc2c(oc3c(-c4cc(-c5ccccc5)ccn4)cc(-c4cccc5c4nc(-c4ccccc4O)n5-c4ccccc4-c4ccccc4)cc32)c1-c1ccccc1. The van der Waals surface area contributed by atoms with Gasteiger partial charge in [0.25, 0.3) is 0 Å². The molecule has 0 saturated heterocycles. The molecule has 11 rings (SSSR count). The number of aromatic nitrogens is 3. The Morgan fingerprint density at radius 2 is 1.18 bits per heavy atom. The summed E-state index contributed by atoms with van der Waals surface area (Å²) < 4.78 is 9.11. The Kier molecular flexibility index (Phi) is 8.58. The first kappa shape index (κ1) is 35.6. The predicted octanol–water partition coefficient (Wildman–Crippen LogP) is 13.9. The maximum Gasteiger partial charge on any atom is 0.149 e. The number of nitrogens with zero attached hydrogens (tertiary/aromatic N) is 4. The smallest absolute Gasteiger partial charge is 0.149 e. The molecular formula is C55H34N4O2. The minimum absolute atomic E-state index is 0.140. The lowest BCUT2D eigenvalue weighted by atomic mass is 9.94. The molecule has 0 unspecified atom stereocenters. The van der Waals surface area contributed by atoms with Crippen LogP contribution in [-0.4, -0.2) is 19.6 Å². The van der Waals surface area contributed by atoms with Crippen LogP contribution in [-0.2, 0) is 0 Å². The van der Waals surface area contributed by atoms with E-state index in [-0.39, 0.29) is 5.75 Å². The Labute approximate surface area is 351 Å². The summed E-state index contributed by atoms with van der Waals surface area (Å²) >= 11 is 0. The monoisotopic (exact) mass is 782 g/mol. The lowest BCUT2D eigenvalue weighted by Crippen LogP contribution is -2.00. The molecule has 0 bridgehead atoms. The maximum atomic E-state index is 11.3. The number of phenols is 1. The van der Waals surface area contributed by atoms with Crippen molar-refractivity contribution in [3.05, 3.63) is 206 Å². The van der Waals surface area contributed by atoms with E-state index in [4.69, 9.17) is 14.4 Å². The summed E-state index contributed by atoms with van der Waals surface area (Å²) in [5.74, 6) is 0.759. The van der Waals surface area contributed by atoms with Gasteiger partial charge in [-0.25, -0.2) is 4.98 Å². The summed E-state index contributed by atoms with van der Waals surface area (Å²) in [6.45, 7) is 0. The fraction of sp³-hybridized carbons (Fsp3) is 0. The lowest BCUT2D eigenvalue weighted by molar-refractivity contribution is 0.477. The Morgan fingerprint density at radius 3 is 1.93 bits per heavy atom. The van der Waals surface area contributed by atoms with Crippen LogP contribution in [0.15, 0.2) is 205 Å². The molecule has 61 heavy (non-hydrogen) atoms. The van der Waals surface area contributed by atoms with Crippen LogP contribution in [0.5, 0.6) is 5.75 Å². The average molecular weight is 783 g/mol. The molecule has 0 amide bonds. The van der Waals surface area contributed by atoms with E-state index in [1.165, 1.54) is 0 Å². The minimum Gasteiger partial charge on any atom is -0.507 e. The van der Waals surface area contributed by atoms with Crippen molar-refractivity contribution in [3.63, 3.8) is 0 Å². The number of rotatable bonds is 7. The fourth-order valence-corrected chi connectivity index (χ4v) is 8.61. The number of aromatic hydroxyl groups is 1. The Morgan fingerprint density at radius 1 is 0.508 bits per heavy atom. The number of nitriles is 1. The van der Waals surface area contributed by atoms with Crippen molar-refractivity contribution in [2.24, 2.45) is 0 Å². The first-order chi connectivity index (χ1) is 30.1. The first-order valence-corrected chi connectivity index (χ1v) is 20.1. The van der Waals surface area contributed by atoms with E-state index >= 15 is 0 Å². The van der Waals surface area contributed by atoms with Gasteiger partial charge in [0.1, 0.15) is 22.7 Å². The molecule has 0 aliphatic carbocycles. The van der Waals surface area contributed by atoms with Crippen molar-refractivity contribution in [1.82, 2.24) is 14.5 Å². The van der Waals surface area contributed by atoms with Gasteiger partial charge in [0.05, 0.1) is 39.6 Å². The van der Waals surface area contributed by atoms with E-state index in [1.54, 1.807) is 6.07 Å². The van der Waals surface area contributed by atoms with Crippen LogP contribution in [0.2, 0.25) is 0 Å². The molecule has 0 atom stereocenters. The lowest BCUT2D eigenvalue weighted by Gasteiger charge is -2.15. The highest BCUT2D eigenvalue weighted by molar-refractivity contribution is 6.15. The highest BCUT2D eigenvalue weighted by Gasteiger charge is 2.24. The van der Waals surface area contributed by atoms with Gasteiger partial charge in [-0.05, 0) is 88.5 Å². The predicted molar refractivity (Wildman–Crippen MR) is 245 cm³/mol. The summed E-state index contributed by atoms with van der Waals surface area (Å²) in [6.07, 6.45) is 1.84. The van der Waals surface area contributed by atoms with Crippen LogP contribution in [0.3, 0.4) is 0 Å². The summed E-state index contributed by atoms with van der Waals surface area (Å²) in [5, 5.41) is 23.5. The van der Waals surface area contributed by atoms with Crippen molar-refractivity contribution in [3.8, 4) is 84.7 Å². The molecule has 0 aliphatic rings. The molecule has 11 aromatic rings. The molecule has 0 radical (unpaired) electrons. The van der Waals surface area contributed by atoms with Crippen molar-refractivity contribution in [2.75, 3.05) is 0 Å². The Bertz CT molecular complexity index is 3490. The number of benzene rings is 8. The summed E-state index contributed by atoms with van der Waals surface area (Å²) in [4.78, 5) is 10.4. The molecular weight excluding hydrogens is 749 g/mol. The second-order valence-corrected chi connectivity index (χ2v) is 15.0. The Balaban J connectivity index is 1.22. The number of pyridine rings is 1. The molecule has 0 aliphatic heterocycles. The minimum atomic E-state index is 0.140. The van der Waals surface area contributed by atoms with Crippen molar-refractivity contribution in [1.29, 1.82) is 5.26 Å². The highest BCUT2D eigenvalue weighted by atomic mass is 16.3. The van der Waals surface area contributed by atoms with E-state index in [0.29, 0.717) is 28.1 Å². The third-order valence-electron chi connectivity index (χ3n) is 11.4. The van der Waals surface area contributed by atoms with Crippen molar-refractivity contribution in [2.45, 2.75) is 0 Å². The zero-order valence-electron chi connectivity index (χ0n) is 32.7. The zero-order valence-corrected chi connectivity index (χ0v) is 32.7. The highest BCUT2D eigenvalue weighted by Crippen LogP contribution is 2.45. The topological polar surface area (TPSA) is 87.9 Å². The van der Waals surface area contributed by atoms with Gasteiger partial charge >= 0.3 is 0 Å². The number of furan rings is 1. The van der Waals surface area contributed by atoms with Gasteiger partial charge in [-0.15, -0.1) is 0 Å². The van der Waals surface area contributed by atoms with E-state index in [2.05, 4.69) is 83.4 Å². The van der Waals surface area contributed by atoms with Crippen LogP contribution in [0.25, 0.3) is 106 Å². The maximum absolute atomic E-state index is 11.3. The summed E-state index contributed by atoms with van der Waals surface area (Å²) in [7, 11) is 0. The number of hydrogen-bond donors (Lipinski definition) is 1. The standard InChI is InChI=1S/C55H34N4O2/c56-34-39-27-28-43-45-31-40(32-46(47-33-38(29-30-57-47)35-15-4-1-5-16-35)53(45)61-54(43)51(39)37-19-8-3-9-20-37)42-23-14-25-49-52(42)58-55(44-22-11-13-26-50(44)60)59(49)48-24-12-10-21-41(48)36-17-6-2-7-18-36/h1-33,60H. The van der Waals surface area contributed by atoms with Gasteiger partial charge in [-0.3, -0.25) is 9.55 Å². The third kappa shape index (κ3) is 6.04. The van der Waals surface area contributed by atoms with Crippen LogP contribution in [0.1, 0.15) is 5.56 Å². The van der Waals surface area contributed by atoms with Gasteiger partial charge in [0.15, 0.2) is 0 Å². The summed E-state index contributed by atoms with van der Waals surface area (Å²) in [6, 6.07) is 67.1. The Hall–Kier alpha value is -8.53. The fourth-order valence-electron chi connectivity index (χ4n) is 8.61. The largest absolute Gasteiger partial charge is 0.507 e. The molecule has 8 aromatic carbocycles. The molecule has 0 fully saturated rings. The van der Waals surface area contributed by atoms with Gasteiger partial charge in [0, 0.05) is 39.2 Å². The van der Waals surface area contributed by atoms with E-state index in [1.807, 2.05) is 121 Å². The number of para-hydroxylation sites is 3. The number of fused-ring (bicyclic) bond motifs is 4. The third-order valence-corrected chi connectivity index (χ3v) is 11.4. The second-order valence-electron chi connectivity index (χ2n) is 15.0. The number of phenolic OH excluding ortho intramolecular Hbond substituents is 1. The second kappa shape index (κ2) is 14.7. The molecule has 3 aromatic heterocycles. The van der Waals surface area contributed by atoms with Crippen LogP contribution in [0, 0.1) is 11.3 Å². The molecule has 3 heterocycles. The van der Waals surface area contributed by atoms with E-state index in [9.17, 15) is 10.4 Å². The van der Waals surface area contributed by atoms with Crippen molar-refractivity contribution >= 4 is 33.0 Å². The van der Waals surface area contributed by atoms with Gasteiger partial charge in [-0.2, -0.15) is 5.26 Å². The van der Waals surface area contributed by atoms with Gasteiger partial charge in [0.2, 0.25) is 0 Å². The molecule has 0 spiro atoms. The molecule has 286 valence electrons. The molecule has 6 nitrogen and oxygen atoms in total. The average Bonchev–Trinajstić information content (AvgIpc) is 3.91. The van der Waals surface area contributed by atoms with Crippen LogP contribution < -0.4 is 0 Å².